The molecule has 1 atom stereocenters. The van der Waals surface area contributed by atoms with Gasteiger partial charge in [0, 0.05) is 34.6 Å². The summed E-state index contributed by atoms with van der Waals surface area (Å²) in [5.74, 6) is -0.756. The van der Waals surface area contributed by atoms with Crippen molar-refractivity contribution in [2.75, 3.05) is 5.32 Å². The van der Waals surface area contributed by atoms with Gasteiger partial charge in [-0.05, 0) is 19.8 Å². The van der Waals surface area contributed by atoms with Crippen LogP contribution in [0.3, 0.4) is 0 Å². The molecule has 1 saturated carbocycles. The normalized spacial score (nSPS) is 14.9. The Morgan fingerprint density at radius 1 is 1.21 bits per heavy atom. The van der Waals surface area contributed by atoms with E-state index in [0.29, 0.717) is 17.1 Å². The maximum atomic E-state index is 14.5. The molecule has 0 radical (unpaired) electrons. The summed E-state index contributed by atoms with van der Waals surface area (Å²) >= 11 is 0. The van der Waals surface area contributed by atoms with Crippen LogP contribution in [-0.2, 0) is 0 Å². The number of carbonyl (C=O) groups is 1. The Hall–Kier alpha value is -3.23. The number of benzene rings is 1. The number of aldehydes is 1. The smallest absolute Gasteiger partial charge is 0.266 e. The minimum Gasteiger partial charge on any atom is -0.361 e. The third-order valence-electron chi connectivity index (χ3n) is 5.03. The highest BCUT2D eigenvalue weighted by Gasteiger charge is 2.26. The van der Waals surface area contributed by atoms with Crippen LogP contribution in [0.25, 0.3) is 10.8 Å². The maximum absolute atomic E-state index is 14.5. The Bertz CT molecular complexity index is 1160. The van der Waals surface area contributed by atoms with Gasteiger partial charge in [-0.3, -0.25) is 9.59 Å². The quantitative estimate of drug-likeness (QED) is 0.626. The molecule has 2 heterocycles. The summed E-state index contributed by atoms with van der Waals surface area (Å²) in [5, 5.41) is 11.6. The highest BCUT2D eigenvalue weighted by atomic mass is 19.3. The van der Waals surface area contributed by atoms with Crippen LogP contribution in [0.5, 0.6) is 0 Å². The van der Waals surface area contributed by atoms with Crippen molar-refractivity contribution in [2.24, 2.45) is 0 Å². The predicted octanol–water partition coefficient (Wildman–Crippen LogP) is 4.19. The Morgan fingerprint density at radius 2 is 1.93 bits per heavy atom. The van der Waals surface area contributed by atoms with Crippen LogP contribution in [0.15, 0.2) is 35.3 Å². The molecule has 0 unspecified atom stereocenters. The summed E-state index contributed by atoms with van der Waals surface area (Å²) in [6.07, 6.45) is 0.959. The van der Waals surface area contributed by atoms with Gasteiger partial charge in [0.05, 0.1) is 11.6 Å². The van der Waals surface area contributed by atoms with E-state index in [4.69, 9.17) is 0 Å². The van der Waals surface area contributed by atoms with E-state index >= 15 is 0 Å². The lowest BCUT2D eigenvalue weighted by molar-refractivity contribution is 0.111. The van der Waals surface area contributed by atoms with Gasteiger partial charge in [0.1, 0.15) is 11.5 Å². The molecule has 1 N–H and O–H groups in total. The monoisotopic (exact) mass is 402 g/mol. The first-order valence-corrected chi connectivity index (χ1v) is 9.11. The van der Waals surface area contributed by atoms with Crippen molar-refractivity contribution in [1.29, 1.82) is 0 Å². The molecule has 9 heteroatoms. The molecule has 6 nitrogen and oxygen atoms in total. The Morgan fingerprint density at radius 3 is 2.59 bits per heavy atom. The Kier molecular flexibility index (Phi) is 4.81. The molecule has 4 rings (SSSR count). The topological polar surface area (TPSA) is 76.9 Å². The second-order valence-electron chi connectivity index (χ2n) is 7.05. The highest BCUT2D eigenvalue weighted by molar-refractivity contribution is 6.00. The number of fused-ring (bicyclic) bond motifs is 1. The summed E-state index contributed by atoms with van der Waals surface area (Å²) < 4.78 is 42.1. The zero-order valence-electron chi connectivity index (χ0n) is 15.4. The minimum atomic E-state index is -2.93. The standard InChI is InChI=1S/C20H17F3N4O2/c1-10(12-3-2-4-13(18(12)21)19(22)23)24-20-15-8-27(11-5-6-11)17(29)7-14(15)16(9-28)25-26-20/h2-4,7-11,19H,5-6H2,1H3,(H,24,26)/t10-/m1/s1. The molecule has 1 aliphatic carbocycles. The van der Waals surface area contributed by atoms with Gasteiger partial charge < -0.3 is 9.88 Å². The van der Waals surface area contributed by atoms with Gasteiger partial charge in [0.2, 0.25) is 0 Å². The highest BCUT2D eigenvalue weighted by Crippen LogP contribution is 2.35. The molecule has 2 aromatic heterocycles. The fourth-order valence-electron chi connectivity index (χ4n) is 3.35. The summed E-state index contributed by atoms with van der Waals surface area (Å²) in [4.78, 5) is 23.7. The number of hydrogen-bond acceptors (Lipinski definition) is 5. The third kappa shape index (κ3) is 3.48. The van der Waals surface area contributed by atoms with Crippen molar-refractivity contribution in [1.82, 2.24) is 14.8 Å². The number of alkyl halides is 2. The fraction of sp³-hybridized carbons (Fsp3) is 0.300. The van der Waals surface area contributed by atoms with E-state index < -0.39 is 23.8 Å². The number of nitrogens with zero attached hydrogens (tertiary/aromatic N) is 3. The second-order valence-corrected chi connectivity index (χ2v) is 7.05. The van der Waals surface area contributed by atoms with Crippen LogP contribution in [-0.4, -0.2) is 21.1 Å². The van der Waals surface area contributed by atoms with Gasteiger partial charge >= 0.3 is 0 Å². The summed E-state index contributed by atoms with van der Waals surface area (Å²) in [6, 6.07) is 4.54. The van der Waals surface area contributed by atoms with E-state index in [0.717, 1.165) is 18.9 Å². The van der Waals surface area contributed by atoms with Crippen LogP contribution < -0.4 is 10.9 Å². The number of carbonyl (C=O) groups excluding carboxylic acids is 1. The molecule has 1 fully saturated rings. The number of anilines is 1. The minimum absolute atomic E-state index is 0.0177. The van der Waals surface area contributed by atoms with E-state index in [1.807, 2.05) is 0 Å². The largest absolute Gasteiger partial charge is 0.361 e. The molecule has 150 valence electrons. The van der Waals surface area contributed by atoms with Gasteiger partial charge in [-0.25, -0.2) is 13.2 Å². The van der Waals surface area contributed by atoms with Crippen molar-refractivity contribution in [3.05, 3.63) is 63.5 Å². The molecule has 1 aromatic carbocycles. The SMILES string of the molecule is C[C@@H](Nc1nnc(C=O)c2cc(=O)n(C3CC3)cc12)c1cccc(C(F)F)c1F. The third-order valence-corrected chi connectivity index (χ3v) is 5.03. The van der Waals surface area contributed by atoms with E-state index in [1.165, 1.54) is 18.2 Å². The van der Waals surface area contributed by atoms with Crippen LogP contribution in [0.2, 0.25) is 0 Å². The lowest BCUT2D eigenvalue weighted by atomic mass is 10.0. The summed E-state index contributed by atoms with van der Waals surface area (Å²) in [6.45, 7) is 1.60. The molecule has 0 aliphatic heterocycles. The number of rotatable bonds is 6. The van der Waals surface area contributed by atoms with Gasteiger partial charge in [0.15, 0.2) is 12.1 Å². The average molecular weight is 402 g/mol. The molecule has 0 spiro atoms. The molecule has 0 bridgehead atoms. The molecule has 1 aliphatic rings. The number of nitrogens with one attached hydrogen (secondary N) is 1. The number of pyridine rings is 1. The van der Waals surface area contributed by atoms with Crippen molar-refractivity contribution < 1.29 is 18.0 Å². The van der Waals surface area contributed by atoms with Gasteiger partial charge in [-0.15, -0.1) is 10.2 Å². The van der Waals surface area contributed by atoms with Crippen LogP contribution in [0.4, 0.5) is 19.0 Å². The first-order chi connectivity index (χ1) is 13.9. The summed E-state index contributed by atoms with van der Waals surface area (Å²) in [7, 11) is 0. The van der Waals surface area contributed by atoms with E-state index in [2.05, 4.69) is 15.5 Å². The first-order valence-electron chi connectivity index (χ1n) is 9.11. The molecular weight excluding hydrogens is 385 g/mol. The molecular formula is C20H17F3N4O2. The Balaban J connectivity index is 1.78. The molecule has 0 saturated heterocycles. The number of hydrogen-bond donors (Lipinski definition) is 1. The predicted molar refractivity (Wildman–Crippen MR) is 101 cm³/mol. The molecule has 3 aromatic rings. The lowest BCUT2D eigenvalue weighted by Gasteiger charge is -2.18. The second kappa shape index (κ2) is 7.31. The Labute approximate surface area is 163 Å². The zero-order valence-corrected chi connectivity index (χ0v) is 15.4. The van der Waals surface area contributed by atoms with Gasteiger partial charge in [0.25, 0.3) is 12.0 Å². The van der Waals surface area contributed by atoms with Crippen molar-refractivity contribution in [3.63, 3.8) is 0 Å². The lowest BCUT2D eigenvalue weighted by Crippen LogP contribution is -2.19. The van der Waals surface area contributed by atoms with E-state index in [9.17, 15) is 22.8 Å². The van der Waals surface area contributed by atoms with Crippen LogP contribution >= 0.6 is 0 Å². The van der Waals surface area contributed by atoms with Crippen LogP contribution in [0, 0.1) is 5.82 Å². The van der Waals surface area contributed by atoms with Crippen molar-refractivity contribution in [2.45, 2.75) is 38.3 Å². The van der Waals surface area contributed by atoms with Gasteiger partial charge in [-0.2, -0.15) is 0 Å². The first kappa shape index (κ1) is 19.1. The van der Waals surface area contributed by atoms with Gasteiger partial charge in [-0.1, -0.05) is 18.2 Å². The number of halogens is 3. The van der Waals surface area contributed by atoms with Crippen LogP contribution in [0.1, 0.15) is 59.9 Å². The summed E-state index contributed by atoms with van der Waals surface area (Å²) in [5.41, 5.74) is -0.853. The van der Waals surface area contributed by atoms with E-state index in [-0.39, 0.29) is 28.7 Å². The van der Waals surface area contributed by atoms with Crippen molar-refractivity contribution in [3.8, 4) is 0 Å². The van der Waals surface area contributed by atoms with E-state index in [1.54, 1.807) is 17.7 Å². The van der Waals surface area contributed by atoms with Crippen molar-refractivity contribution >= 4 is 22.9 Å². The molecule has 29 heavy (non-hydrogen) atoms. The average Bonchev–Trinajstić information content (AvgIpc) is 3.52. The maximum Gasteiger partial charge on any atom is 0.266 e. The number of aromatic nitrogens is 3. The molecule has 0 amide bonds. The zero-order chi connectivity index (χ0) is 20.7. The fourth-order valence-corrected chi connectivity index (χ4v) is 3.35.